The van der Waals surface area contributed by atoms with E-state index in [4.69, 9.17) is 4.74 Å². The van der Waals surface area contributed by atoms with Crippen LogP contribution in [-0.2, 0) is 9.53 Å². The van der Waals surface area contributed by atoms with E-state index in [0.29, 0.717) is 12.5 Å². The maximum absolute atomic E-state index is 12.3. The molecule has 1 aliphatic rings. The summed E-state index contributed by atoms with van der Waals surface area (Å²) in [7, 11) is 0. The van der Waals surface area contributed by atoms with Crippen LogP contribution >= 0.6 is 0 Å². The van der Waals surface area contributed by atoms with Gasteiger partial charge in [0, 0.05) is 19.6 Å². The molecule has 0 aromatic carbocycles. The van der Waals surface area contributed by atoms with Crippen LogP contribution in [0.1, 0.15) is 40.5 Å². The lowest BCUT2D eigenvalue weighted by Gasteiger charge is -2.39. The fraction of sp³-hybridized carbons (Fsp3) is 0.929. The topological polar surface area (TPSA) is 41.6 Å². The molecule has 1 saturated heterocycles. The predicted octanol–water partition coefficient (Wildman–Crippen LogP) is 1.65. The summed E-state index contributed by atoms with van der Waals surface area (Å²) in [6, 6.07) is 0. The second-order valence-electron chi connectivity index (χ2n) is 5.68. The summed E-state index contributed by atoms with van der Waals surface area (Å²) < 4.78 is 5.30. The maximum atomic E-state index is 12.3. The lowest BCUT2D eigenvalue weighted by molar-refractivity contribution is -0.158. The predicted molar refractivity (Wildman–Crippen MR) is 73.6 cm³/mol. The zero-order valence-electron chi connectivity index (χ0n) is 12.3. The molecule has 1 unspecified atom stereocenters. The Bertz CT molecular complexity index is 261. The van der Waals surface area contributed by atoms with Crippen molar-refractivity contribution >= 4 is 5.97 Å². The number of nitrogens with one attached hydrogen (secondary N) is 1. The number of carbonyl (C=O) groups is 1. The van der Waals surface area contributed by atoms with Gasteiger partial charge in [-0.1, -0.05) is 13.8 Å². The molecule has 0 aromatic heterocycles. The monoisotopic (exact) mass is 256 g/mol. The number of rotatable bonds is 5. The molecule has 0 aliphatic carbocycles. The number of esters is 1. The van der Waals surface area contributed by atoms with Gasteiger partial charge < -0.3 is 10.1 Å². The van der Waals surface area contributed by atoms with Crippen molar-refractivity contribution in [1.82, 2.24) is 10.2 Å². The molecular formula is C14H28N2O2. The van der Waals surface area contributed by atoms with Crippen LogP contribution in [0.25, 0.3) is 0 Å². The van der Waals surface area contributed by atoms with E-state index in [-0.39, 0.29) is 5.97 Å². The Morgan fingerprint density at radius 1 is 1.39 bits per heavy atom. The van der Waals surface area contributed by atoms with E-state index in [0.717, 1.165) is 39.0 Å². The summed E-state index contributed by atoms with van der Waals surface area (Å²) in [6.45, 7) is 12.6. The fourth-order valence-corrected chi connectivity index (χ4v) is 2.76. The highest BCUT2D eigenvalue weighted by molar-refractivity contribution is 5.80. The molecular weight excluding hydrogens is 228 g/mol. The molecule has 0 amide bonds. The first-order chi connectivity index (χ1) is 8.50. The Hall–Kier alpha value is -0.610. The van der Waals surface area contributed by atoms with Gasteiger partial charge in [0.05, 0.1) is 6.61 Å². The van der Waals surface area contributed by atoms with E-state index in [2.05, 4.69) is 24.1 Å². The number of ether oxygens (including phenoxy) is 1. The van der Waals surface area contributed by atoms with E-state index in [1.54, 1.807) is 0 Å². The number of carbonyl (C=O) groups excluding carboxylic acids is 1. The van der Waals surface area contributed by atoms with Crippen molar-refractivity contribution < 1.29 is 9.53 Å². The third kappa shape index (κ3) is 3.95. The zero-order chi connectivity index (χ0) is 13.6. The number of hydrogen-bond donors (Lipinski definition) is 1. The van der Waals surface area contributed by atoms with Crippen molar-refractivity contribution in [2.45, 2.75) is 46.1 Å². The zero-order valence-corrected chi connectivity index (χ0v) is 12.3. The van der Waals surface area contributed by atoms with E-state index in [1.807, 2.05) is 13.8 Å². The highest BCUT2D eigenvalue weighted by atomic mass is 16.5. The minimum absolute atomic E-state index is 0.0689. The minimum Gasteiger partial charge on any atom is -0.465 e. The summed E-state index contributed by atoms with van der Waals surface area (Å²) in [5.41, 5.74) is -0.476. The molecule has 1 N–H and O–H groups in total. The van der Waals surface area contributed by atoms with Crippen molar-refractivity contribution in [2.24, 2.45) is 5.92 Å². The van der Waals surface area contributed by atoms with Gasteiger partial charge in [-0.05, 0) is 39.2 Å². The standard InChI is InChI=1S/C14H28N2O2/c1-5-18-13(17)14(4,11-12(2)3)16-9-6-7-15-8-10-16/h12,15H,5-11H2,1-4H3. The molecule has 4 nitrogen and oxygen atoms in total. The summed E-state index contributed by atoms with van der Waals surface area (Å²) in [5.74, 6) is 0.413. The van der Waals surface area contributed by atoms with Gasteiger partial charge in [0.2, 0.25) is 0 Å². The van der Waals surface area contributed by atoms with Crippen molar-refractivity contribution in [3.8, 4) is 0 Å². The van der Waals surface area contributed by atoms with Crippen LogP contribution in [0.2, 0.25) is 0 Å². The third-order valence-corrected chi connectivity index (χ3v) is 3.56. The van der Waals surface area contributed by atoms with Crippen molar-refractivity contribution in [3.05, 3.63) is 0 Å². The van der Waals surface area contributed by atoms with Gasteiger partial charge in [-0.25, -0.2) is 0 Å². The van der Waals surface area contributed by atoms with Gasteiger partial charge in [0.1, 0.15) is 5.54 Å². The largest absolute Gasteiger partial charge is 0.465 e. The first kappa shape index (κ1) is 15.4. The van der Waals surface area contributed by atoms with Crippen LogP contribution in [0.15, 0.2) is 0 Å². The van der Waals surface area contributed by atoms with Crippen LogP contribution < -0.4 is 5.32 Å². The van der Waals surface area contributed by atoms with Gasteiger partial charge in [0.15, 0.2) is 0 Å². The van der Waals surface area contributed by atoms with Crippen molar-refractivity contribution in [1.29, 1.82) is 0 Å². The van der Waals surface area contributed by atoms with Crippen LogP contribution in [0, 0.1) is 5.92 Å². The first-order valence-corrected chi connectivity index (χ1v) is 7.13. The minimum atomic E-state index is -0.476. The molecule has 1 atom stereocenters. The Balaban J connectivity index is 2.83. The number of hydrogen-bond acceptors (Lipinski definition) is 4. The summed E-state index contributed by atoms with van der Waals surface area (Å²) in [4.78, 5) is 14.6. The average molecular weight is 256 g/mol. The van der Waals surface area contributed by atoms with Gasteiger partial charge in [-0.2, -0.15) is 0 Å². The smallest absolute Gasteiger partial charge is 0.326 e. The van der Waals surface area contributed by atoms with E-state index < -0.39 is 5.54 Å². The second-order valence-corrected chi connectivity index (χ2v) is 5.68. The van der Waals surface area contributed by atoms with Crippen molar-refractivity contribution in [3.63, 3.8) is 0 Å². The molecule has 0 bridgehead atoms. The highest BCUT2D eigenvalue weighted by Gasteiger charge is 2.41. The average Bonchev–Trinajstić information content (AvgIpc) is 2.57. The molecule has 0 radical (unpaired) electrons. The first-order valence-electron chi connectivity index (χ1n) is 7.13. The van der Waals surface area contributed by atoms with E-state index >= 15 is 0 Å². The second kappa shape index (κ2) is 7.10. The molecule has 18 heavy (non-hydrogen) atoms. The van der Waals surface area contributed by atoms with Crippen LogP contribution in [0.3, 0.4) is 0 Å². The van der Waals surface area contributed by atoms with E-state index in [1.165, 1.54) is 0 Å². The Morgan fingerprint density at radius 2 is 2.11 bits per heavy atom. The molecule has 1 fully saturated rings. The molecule has 0 spiro atoms. The Labute approximate surface area is 111 Å². The van der Waals surface area contributed by atoms with Gasteiger partial charge >= 0.3 is 5.97 Å². The molecule has 1 rings (SSSR count). The summed E-state index contributed by atoms with van der Waals surface area (Å²) >= 11 is 0. The van der Waals surface area contributed by atoms with E-state index in [9.17, 15) is 4.79 Å². The molecule has 1 aliphatic heterocycles. The van der Waals surface area contributed by atoms with Gasteiger partial charge in [0.25, 0.3) is 0 Å². The van der Waals surface area contributed by atoms with Gasteiger partial charge in [-0.3, -0.25) is 9.69 Å². The summed E-state index contributed by atoms with van der Waals surface area (Å²) in [5, 5.41) is 3.38. The lowest BCUT2D eigenvalue weighted by Crippen LogP contribution is -2.55. The molecule has 1 heterocycles. The molecule has 0 saturated carbocycles. The van der Waals surface area contributed by atoms with Crippen LogP contribution in [-0.4, -0.2) is 49.2 Å². The quantitative estimate of drug-likeness (QED) is 0.760. The maximum Gasteiger partial charge on any atom is 0.326 e. The third-order valence-electron chi connectivity index (χ3n) is 3.56. The number of nitrogens with zero attached hydrogens (tertiary/aromatic N) is 1. The highest BCUT2D eigenvalue weighted by Crippen LogP contribution is 2.26. The normalized spacial score (nSPS) is 21.4. The van der Waals surface area contributed by atoms with Gasteiger partial charge in [-0.15, -0.1) is 0 Å². The SMILES string of the molecule is CCOC(=O)C(C)(CC(C)C)N1CCCNCC1. The van der Waals surface area contributed by atoms with Crippen LogP contribution in [0.5, 0.6) is 0 Å². The van der Waals surface area contributed by atoms with Crippen LogP contribution in [0.4, 0.5) is 0 Å². The Kier molecular flexibility index (Phi) is 6.09. The Morgan fingerprint density at radius 3 is 2.72 bits per heavy atom. The van der Waals surface area contributed by atoms with Crippen molar-refractivity contribution in [2.75, 3.05) is 32.8 Å². The summed E-state index contributed by atoms with van der Waals surface area (Å²) in [6.07, 6.45) is 1.94. The molecule has 4 heteroatoms. The molecule has 0 aromatic rings. The fourth-order valence-electron chi connectivity index (χ4n) is 2.76. The lowest BCUT2D eigenvalue weighted by atomic mass is 9.88. The molecule has 106 valence electrons.